The molecule has 6 nitrogen and oxygen atoms in total. The minimum Gasteiger partial charge on any atom is -0.365 e. The molecule has 3 fully saturated rings. The number of hydrogen-bond acceptors (Lipinski definition) is 6. The van der Waals surface area contributed by atoms with E-state index in [1.807, 2.05) is 44.2 Å². The van der Waals surface area contributed by atoms with E-state index in [4.69, 9.17) is 28.4 Å². The Balaban J connectivity index is 1.10. The van der Waals surface area contributed by atoms with Crippen LogP contribution < -0.4 is 0 Å². The van der Waals surface area contributed by atoms with Gasteiger partial charge in [-0.1, -0.05) is 91.0 Å². The van der Waals surface area contributed by atoms with Crippen molar-refractivity contribution in [3.63, 3.8) is 0 Å². The molecule has 3 saturated heterocycles. The second kappa shape index (κ2) is 12.0. The third kappa shape index (κ3) is 6.23. The van der Waals surface area contributed by atoms with Gasteiger partial charge in [-0.25, -0.2) is 0 Å². The Bertz CT molecular complexity index is 1260. The van der Waals surface area contributed by atoms with Gasteiger partial charge in [-0.3, -0.25) is 0 Å². The van der Waals surface area contributed by atoms with Crippen molar-refractivity contribution >= 4 is 0 Å². The second-order valence-corrected chi connectivity index (χ2v) is 11.2. The summed E-state index contributed by atoms with van der Waals surface area (Å²) in [5.74, 6) is -1.82. The number of hydrogen-bond donors (Lipinski definition) is 0. The maximum absolute atomic E-state index is 6.54. The highest BCUT2D eigenvalue weighted by Crippen LogP contribution is 2.44. The van der Waals surface area contributed by atoms with Crippen molar-refractivity contribution in [2.45, 2.75) is 75.9 Å². The summed E-state index contributed by atoms with van der Waals surface area (Å²) in [5, 5.41) is 0. The molecule has 6 rings (SSSR count). The molecule has 0 aliphatic carbocycles. The molecule has 3 aliphatic heterocycles. The fraction of sp³-hybridized carbons (Fsp3) is 0.412. The molecule has 40 heavy (non-hydrogen) atoms. The van der Waals surface area contributed by atoms with Crippen LogP contribution in [0.15, 0.2) is 97.1 Å². The molecule has 0 saturated carbocycles. The maximum atomic E-state index is 6.54. The summed E-state index contributed by atoms with van der Waals surface area (Å²) in [7, 11) is 0. The predicted octanol–water partition coefficient (Wildman–Crippen LogP) is 6.44. The van der Waals surface area contributed by atoms with Crippen LogP contribution in [0.2, 0.25) is 0 Å². The minimum atomic E-state index is -1.05. The third-order valence-electron chi connectivity index (χ3n) is 7.69. The first kappa shape index (κ1) is 27.3. The molecule has 3 aromatic rings. The number of benzene rings is 3. The largest absolute Gasteiger partial charge is 0.365 e. The first-order valence-corrected chi connectivity index (χ1v) is 14.3. The van der Waals surface area contributed by atoms with Gasteiger partial charge >= 0.3 is 0 Å². The quantitative estimate of drug-likeness (QED) is 0.229. The van der Waals surface area contributed by atoms with Crippen molar-refractivity contribution in [2.75, 3.05) is 13.2 Å². The molecule has 0 N–H and O–H groups in total. The molecule has 210 valence electrons. The van der Waals surface area contributed by atoms with E-state index in [0.717, 1.165) is 24.8 Å². The van der Waals surface area contributed by atoms with Gasteiger partial charge in [0.25, 0.3) is 0 Å². The molecule has 0 aromatic heterocycles. The van der Waals surface area contributed by atoms with Gasteiger partial charge in [0.2, 0.25) is 5.79 Å². The van der Waals surface area contributed by atoms with Gasteiger partial charge in [0.15, 0.2) is 12.1 Å². The molecular formula is C34H38O6. The lowest BCUT2D eigenvalue weighted by Gasteiger charge is -2.43. The Hall–Kier alpha value is -2.84. The molecular weight excluding hydrogens is 504 g/mol. The van der Waals surface area contributed by atoms with Crippen LogP contribution >= 0.6 is 0 Å². The summed E-state index contributed by atoms with van der Waals surface area (Å²) in [6.45, 7) is 4.80. The molecule has 3 aromatic carbocycles. The first-order valence-electron chi connectivity index (χ1n) is 14.3. The van der Waals surface area contributed by atoms with Crippen molar-refractivity contribution in [1.29, 1.82) is 0 Å². The van der Waals surface area contributed by atoms with E-state index in [1.54, 1.807) is 0 Å². The Morgan fingerprint density at radius 3 is 2.27 bits per heavy atom. The lowest BCUT2D eigenvalue weighted by Crippen LogP contribution is -2.62. The summed E-state index contributed by atoms with van der Waals surface area (Å²) in [4.78, 5) is 0. The van der Waals surface area contributed by atoms with Gasteiger partial charge in [-0.2, -0.15) is 0 Å². The molecule has 3 heterocycles. The van der Waals surface area contributed by atoms with Crippen LogP contribution in [0.4, 0.5) is 0 Å². The Labute approximate surface area is 236 Å². The number of unbranched alkanes of at least 4 members (excludes halogenated alkanes) is 1. The van der Waals surface area contributed by atoms with Gasteiger partial charge in [-0.05, 0) is 61.4 Å². The van der Waals surface area contributed by atoms with Crippen molar-refractivity contribution < 1.29 is 28.4 Å². The van der Waals surface area contributed by atoms with Crippen LogP contribution in [0.3, 0.4) is 0 Å². The highest BCUT2D eigenvalue weighted by Gasteiger charge is 2.62. The molecule has 0 radical (unpaired) electrons. The van der Waals surface area contributed by atoms with E-state index >= 15 is 0 Å². The number of ether oxygens (including phenoxy) is 6. The summed E-state index contributed by atoms with van der Waals surface area (Å²) >= 11 is 0. The zero-order valence-electron chi connectivity index (χ0n) is 23.2. The van der Waals surface area contributed by atoms with Crippen molar-refractivity contribution in [3.05, 3.63) is 108 Å². The number of rotatable bonds is 9. The standard InChI is InChI=1S/C34H38O6/c1-33(2)37-24-34(40-33)32(35-22-26-18-20-28(21-19-26)27-15-9-5-10-16-27)31-29(23-36-34)38-30(39-31)17-11-4-8-14-25-12-6-3-7-13-25/h3,5-7,9-13,15-21,29-32H,4,8,14,22-24H2,1-2H3/b17-11+/t29-,30-,31-,32+,34+/m1/s1. The highest BCUT2D eigenvalue weighted by atomic mass is 16.9. The Morgan fingerprint density at radius 2 is 1.55 bits per heavy atom. The van der Waals surface area contributed by atoms with Crippen LogP contribution in [0.25, 0.3) is 11.1 Å². The predicted molar refractivity (Wildman–Crippen MR) is 152 cm³/mol. The maximum Gasteiger partial charge on any atom is 0.224 e. The van der Waals surface area contributed by atoms with Gasteiger partial charge < -0.3 is 28.4 Å². The van der Waals surface area contributed by atoms with Gasteiger partial charge in [-0.15, -0.1) is 0 Å². The summed E-state index contributed by atoms with van der Waals surface area (Å²) in [6, 6.07) is 29.3. The average Bonchev–Trinajstić information content (AvgIpc) is 3.53. The molecule has 0 unspecified atom stereocenters. The van der Waals surface area contributed by atoms with Gasteiger partial charge in [0.1, 0.15) is 24.9 Å². The monoisotopic (exact) mass is 542 g/mol. The van der Waals surface area contributed by atoms with E-state index in [2.05, 4.69) is 66.7 Å². The van der Waals surface area contributed by atoms with Crippen LogP contribution in [-0.2, 0) is 41.4 Å². The summed E-state index contributed by atoms with van der Waals surface area (Å²) in [5.41, 5.74) is 4.77. The normalized spacial score (nSPS) is 29.2. The number of fused-ring (bicyclic) bond motifs is 1. The number of aryl methyl sites for hydroxylation is 1. The molecule has 5 atom stereocenters. The molecule has 1 spiro atoms. The van der Waals surface area contributed by atoms with Crippen molar-refractivity contribution in [2.24, 2.45) is 0 Å². The smallest absolute Gasteiger partial charge is 0.224 e. The van der Waals surface area contributed by atoms with Crippen LogP contribution in [0.5, 0.6) is 0 Å². The first-order chi connectivity index (χ1) is 19.5. The van der Waals surface area contributed by atoms with E-state index in [1.165, 1.54) is 16.7 Å². The van der Waals surface area contributed by atoms with E-state index < -0.39 is 24.0 Å². The molecule has 0 amide bonds. The van der Waals surface area contributed by atoms with Gasteiger partial charge in [0.05, 0.1) is 13.2 Å². The molecule has 3 aliphatic rings. The summed E-state index contributed by atoms with van der Waals surface area (Å²) in [6.07, 6.45) is 5.68. The Morgan fingerprint density at radius 1 is 0.825 bits per heavy atom. The fourth-order valence-corrected chi connectivity index (χ4v) is 5.64. The zero-order chi connectivity index (χ0) is 27.4. The average molecular weight is 543 g/mol. The van der Waals surface area contributed by atoms with Crippen LogP contribution in [0, 0.1) is 0 Å². The number of allylic oxidation sites excluding steroid dienone is 1. The van der Waals surface area contributed by atoms with Gasteiger partial charge in [0, 0.05) is 0 Å². The lowest BCUT2D eigenvalue weighted by atomic mass is 9.97. The lowest BCUT2D eigenvalue weighted by molar-refractivity contribution is -0.335. The molecule has 6 heteroatoms. The SMILES string of the molecule is CC1(C)OC[C@]2(OC[C@H]3O[C@@H](/C=C/CCCc4ccccc4)O[C@H]3[C@@H]2OCc2ccc(-c3ccccc3)cc2)O1. The van der Waals surface area contributed by atoms with Crippen molar-refractivity contribution in [3.8, 4) is 11.1 Å². The topological polar surface area (TPSA) is 55.4 Å². The third-order valence-corrected chi connectivity index (χ3v) is 7.69. The van der Waals surface area contributed by atoms with Crippen molar-refractivity contribution in [1.82, 2.24) is 0 Å². The minimum absolute atomic E-state index is 0.248. The fourth-order valence-electron chi connectivity index (χ4n) is 5.64. The van der Waals surface area contributed by atoms with E-state index in [9.17, 15) is 0 Å². The zero-order valence-corrected chi connectivity index (χ0v) is 23.2. The van der Waals surface area contributed by atoms with Crippen LogP contribution in [-0.4, -0.2) is 49.4 Å². The highest BCUT2D eigenvalue weighted by molar-refractivity contribution is 5.63. The van der Waals surface area contributed by atoms with E-state index in [0.29, 0.717) is 13.2 Å². The van der Waals surface area contributed by atoms with Crippen LogP contribution in [0.1, 0.15) is 37.8 Å². The molecule has 0 bridgehead atoms. The Kier molecular flexibility index (Phi) is 8.17. The summed E-state index contributed by atoms with van der Waals surface area (Å²) < 4.78 is 37.7. The second-order valence-electron chi connectivity index (χ2n) is 11.2. The van der Waals surface area contributed by atoms with E-state index in [-0.39, 0.29) is 18.8 Å².